The molecule has 2 aromatic carbocycles. The van der Waals surface area contributed by atoms with Crippen LogP contribution in [0.1, 0.15) is 12.5 Å². The summed E-state index contributed by atoms with van der Waals surface area (Å²) >= 11 is 25.5. The van der Waals surface area contributed by atoms with Gasteiger partial charge in [0.2, 0.25) is 5.13 Å². The van der Waals surface area contributed by atoms with E-state index in [1.807, 2.05) is 24.4 Å². The van der Waals surface area contributed by atoms with E-state index in [2.05, 4.69) is 15.5 Å². The van der Waals surface area contributed by atoms with Crippen molar-refractivity contribution >= 4 is 68.6 Å². The molecule has 8 heteroatoms. The highest BCUT2D eigenvalue weighted by molar-refractivity contribution is 7.14. The molecule has 1 heterocycles. The fourth-order valence-electron chi connectivity index (χ4n) is 2.06. The number of aromatic nitrogens is 1. The Morgan fingerprint density at radius 3 is 2.52 bits per heavy atom. The van der Waals surface area contributed by atoms with Crippen LogP contribution in [-0.4, -0.2) is 10.7 Å². The number of nitrogens with one attached hydrogen (secondary N) is 1. The van der Waals surface area contributed by atoms with Gasteiger partial charge in [-0.15, -0.1) is 11.3 Å². The Kier molecular flexibility index (Phi) is 5.87. The largest absolute Gasteiger partial charge is 0.252 e. The van der Waals surface area contributed by atoms with Crippen LogP contribution in [-0.2, 0) is 0 Å². The van der Waals surface area contributed by atoms with E-state index in [-0.39, 0.29) is 0 Å². The molecule has 0 aliphatic carbocycles. The van der Waals surface area contributed by atoms with E-state index in [9.17, 15) is 0 Å². The number of thiazole rings is 1. The van der Waals surface area contributed by atoms with E-state index < -0.39 is 0 Å². The van der Waals surface area contributed by atoms with E-state index in [4.69, 9.17) is 46.4 Å². The highest BCUT2D eigenvalue weighted by Gasteiger charge is 2.09. The van der Waals surface area contributed by atoms with Crippen molar-refractivity contribution in [2.75, 3.05) is 5.43 Å². The van der Waals surface area contributed by atoms with Gasteiger partial charge in [-0.05, 0) is 42.8 Å². The number of benzene rings is 2. The van der Waals surface area contributed by atoms with Gasteiger partial charge in [0.15, 0.2) is 0 Å². The van der Waals surface area contributed by atoms with Gasteiger partial charge < -0.3 is 0 Å². The highest BCUT2D eigenvalue weighted by Crippen LogP contribution is 2.32. The molecule has 0 saturated heterocycles. The molecule has 3 aromatic rings. The summed E-state index contributed by atoms with van der Waals surface area (Å²) in [5, 5.41) is 9.04. The minimum atomic E-state index is 0.489. The summed E-state index contributed by atoms with van der Waals surface area (Å²) in [5.74, 6) is 0. The molecule has 0 aliphatic heterocycles. The first-order valence-electron chi connectivity index (χ1n) is 7.10. The molecule has 0 saturated carbocycles. The molecule has 0 radical (unpaired) electrons. The van der Waals surface area contributed by atoms with Crippen LogP contribution in [0.3, 0.4) is 0 Å². The quantitative estimate of drug-likeness (QED) is 0.349. The summed E-state index contributed by atoms with van der Waals surface area (Å²) in [7, 11) is 0. The summed E-state index contributed by atoms with van der Waals surface area (Å²) in [5.41, 5.74) is 6.17. The SMILES string of the molecule is C/C(=N/Nc1nc(-c2ccc(Cl)cc2Cl)cs1)c1ccc(Cl)c(Cl)c1. The van der Waals surface area contributed by atoms with Crippen molar-refractivity contribution in [3.63, 3.8) is 0 Å². The maximum Gasteiger partial charge on any atom is 0.203 e. The fraction of sp³-hybridized carbons (Fsp3) is 0.0588. The van der Waals surface area contributed by atoms with Crippen LogP contribution in [0.4, 0.5) is 5.13 Å². The van der Waals surface area contributed by atoms with Gasteiger partial charge in [0.05, 0.1) is 26.5 Å². The minimum absolute atomic E-state index is 0.489. The van der Waals surface area contributed by atoms with Gasteiger partial charge >= 0.3 is 0 Å². The van der Waals surface area contributed by atoms with Gasteiger partial charge in [-0.3, -0.25) is 5.43 Å². The lowest BCUT2D eigenvalue weighted by molar-refractivity contribution is 1.27. The molecule has 0 spiro atoms. The zero-order valence-corrected chi connectivity index (χ0v) is 16.7. The Hall–Kier alpha value is -1.30. The molecule has 0 bridgehead atoms. The topological polar surface area (TPSA) is 37.3 Å². The normalized spacial score (nSPS) is 11.6. The van der Waals surface area contributed by atoms with Crippen molar-refractivity contribution in [2.45, 2.75) is 6.92 Å². The average molecular weight is 431 g/mol. The lowest BCUT2D eigenvalue weighted by atomic mass is 10.1. The lowest BCUT2D eigenvalue weighted by Crippen LogP contribution is -1.99. The number of hydrazone groups is 1. The smallest absolute Gasteiger partial charge is 0.203 e. The summed E-state index contributed by atoms with van der Waals surface area (Å²) in [6.45, 7) is 1.87. The number of rotatable bonds is 4. The van der Waals surface area contributed by atoms with E-state index >= 15 is 0 Å². The molecule has 128 valence electrons. The number of hydrogen-bond donors (Lipinski definition) is 1. The third-order valence-corrected chi connectivity index (χ3v) is 5.40. The van der Waals surface area contributed by atoms with Crippen LogP contribution < -0.4 is 5.43 Å². The lowest BCUT2D eigenvalue weighted by Gasteiger charge is -2.03. The van der Waals surface area contributed by atoms with E-state index in [1.165, 1.54) is 11.3 Å². The Balaban J connectivity index is 1.78. The summed E-state index contributed by atoms with van der Waals surface area (Å²) in [4.78, 5) is 4.49. The van der Waals surface area contributed by atoms with Crippen LogP contribution in [0.25, 0.3) is 11.3 Å². The van der Waals surface area contributed by atoms with E-state index in [0.29, 0.717) is 25.2 Å². The van der Waals surface area contributed by atoms with Gasteiger partial charge in [-0.1, -0.05) is 52.5 Å². The summed E-state index contributed by atoms with van der Waals surface area (Å²) < 4.78 is 0. The third kappa shape index (κ3) is 4.46. The van der Waals surface area contributed by atoms with E-state index in [1.54, 1.807) is 24.3 Å². The molecule has 0 atom stereocenters. The third-order valence-electron chi connectivity index (χ3n) is 3.37. The van der Waals surface area contributed by atoms with Crippen LogP contribution in [0.15, 0.2) is 46.9 Å². The molecule has 0 aliphatic rings. The number of halogens is 4. The maximum atomic E-state index is 6.22. The van der Waals surface area contributed by atoms with Crippen molar-refractivity contribution in [3.8, 4) is 11.3 Å². The van der Waals surface area contributed by atoms with Crippen molar-refractivity contribution < 1.29 is 0 Å². The monoisotopic (exact) mass is 429 g/mol. The Morgan fingerprint density at radius 2 is 1.80 bits per heavy atom. The molecule has 25 heavy (non-hydrogen) atoms. The Bertz CT molecular complexity index is 953. The minimum Gasteiger partial charge on any atom is -0.252 e. The Morgan fingerprint density at radius 1 is 1.00 bits per heavy atom. The molecule has 3 nitrogen and oxygen atoms in total. The second-order valence-corrected chi connectivity index (χ2v) is 7.62. The second kappa shape index (κ2) is 7.94. The number of anilines is 1. The maximum absolute atomic E-state index is 6.22. The first-order valence-corrected chi connectivity index (χ1v) is 9.50. The standard InChI is InChI=1S/C17H11Cl4N3S/c1-9(10-2-5-13(19)15(21)6-10)23-24-17-22-16(8-25-17)12-4-3-11(18)7-14(12)20/h2-8H,1H3,(H,22,24)/b23-9-. The molecular formula is C17H11Cl4N3S. The van der Waals surface area contributed by atoms with Crippen LogP contribution >= 0.6 is 57.7 Å². The molecule has 0 fully saturated rings. The molecular weight excluding hydrogens is 420 g/mol. The molecule has 1 aromatic heterocycles. The fourth-order valence-corrected chi connectivity index (χ4v) is 3.52. The highest BCUT2D eigenvalue weighted by atomic mass is 35.5. The first kappa shape index (κ1) is 18.5. The zero-order valence-electron chi connectivity index (χ0n) is 12.9. The Labute approximate surface area is 169 Å². The van der Waals surface area contributed by atoms with Gasteiger partial charge in [0, 0.05) is 16.0 Å². The number of hydrogen-bond acceptors (Lipinski definition) is 4. The zero-order chi connectivity index (χ0) is 18.0. The van der Waals surface area contributed by atoms with Crippen LogP contribution in [0.2, 0.25) is 20.1 Å². The van der Waals surface area contributed by atoms with Crippen molar-refractivity contribution in [3.05, 3.63) is 67.4 Å². The average Bonchev–Trinajstić information content (AvgIpc) is 3.04. The van der Waals surface area contributed by atoms with Gasteiger partial charge in [-0.25, -0.2) is 4.98 Å². The molecule has 3 rings (SSSR count). The summed E-state index contributed by atoms with van der Waals surface area (Å²) in [6.07, 6.45) is 0. The molecule has 1 N–H and O–H groups in total. The van der Waals surface area contributed by atoms with Crippen molar-refractivity contribution in [1.29, 1.82) is 0 Å². The predicted octanol–water partition coefficient (Wildman–Crippen LogP) is 7.26. The predicted molar refractivity (Wildman–Crippen MR) is 110 cm³/mol. The van der Waals surface area contributed by atoms with Crippen molar-refractivity contribution in [1.82, 2.24) is 4.98 Å². The first-order chi connectivity index (χ1) is 11.9. The van der Waals surface area contributed by atoms with Crippen LogP contribution in [0.5, 0.6) is 0 Å². The van der Waals surface area contributed by atoms with Gasteiger partial charge in [-0.2, -0.15) is 5.10 Å². The van der Waals surface area contributed by atoms with E-state index in [0.717, 1.165) is 22.5 Å². The molecule has 0 unspecified atom stereocenters. The van der Waals surface area contributed by atoms with Gasteiger partial charge in [0.25, 0.3) is 0 Å². The number of nitrogens with zero attached hydrogens (tertiary/aromatic N) is 2. The van der Waals surface area contributed by atoms with Crippen LogP contribution in [0, 0.1) is 0 Å². The van der Waals surface area contributed by atoms with Gasteiger partial charge in [0.1, 0.15) is 0 Å². The summed E-state index contributed by atoms with van der Waals surface area (Å²) in [6, 6.07) is 10.7. The van der Waals surface area contributed by atoms with Crippen molar-refractivity contribution in [2.24, 2.45) is 5.10 Å². The second-order valence-electron chi connectivity index (χ2n) is 5.10. The molecule has 0 amide bonds.